The summed E-state index contributed by atoms with van der Waals surface area (Å²) in [6.07, 6.45) is 0. The second kappa shape index (κ2) is 4.56. The molecular weight excluding hydrogens is 305 g/mol. The maximum absolute atomic E-state index is 11.5. The Labute approximate surface area is 111 Å². The molecule has 0 aliphatic heterocycles. The Morgan fingerprint density at radius 2 is 1.73 bits per heavy atom. The number of phenolic OH excluding ortho intramolecular Hbond substituents is 1. The van der Waals surface area contributed by atoms with E-state index in [1.54, 1.807) is 0 Å². The minimum absolute atomic E-state index is 0.0832. The van der Waals surface area contributed by atoms with E-state index in [0.29, 0.717) is 0 Å². The molecule has 0 heterocycles. The van der Waals surface area contributed by atoms with Crippen LogP contribution in [0, 0.1) is 0 Å². The number of alkyl halides is 3. The summed E-state index contributed by atoms with van der Waals surface area (Å²) in [6, 6.07) is 2.45. The van der Waals surface area contributed by atoms with Crippen LogP contribution >= 0.6 is 58.0 Å². The van der Waals surface area contributed by atoms with E-state index in [1.165, 1.54) is 12.1 Å². The Bertz CT molecular complexity index is 410. The topological polar surface area (TPSA) is 37.3 Å². The number of benzene rings is 1. The van der Waals surface area contributed by atoms with Crippen LogP contribution in [-0.4, -0.2) is 14.7 Å². The number of carbonyl (C=O) groups excluding carboxylic acids is 1. The summed E-state index contributed by atoms with van der Waals surface area (Å²) in [5, 5.41) is 9.55. The van der Waals surface area contributed by atoms with Gasteiger partial charge in [0.15, 0.2) is 0 Å². The summed E-state index contributed by atoms with van der Waals surface area (Å²) in [4.78, 5) is 11.5. The molecule has 0 atom stereocenters. The first kappa shape index (κ1) is 13.2. The third-order valence-electron chi connectivity index (χ3n) is 1.53. The predicted octanol–water partition coefficient (Wildman–Crippen LogP) is 4.25. The summed E-state index contributed by atoms with van der Waals surface area (Å²) in [5.41, 5.74) is -0.229. The fraction of sp³-hybridized carbons (Fsp3) is 0.125. The third kappa shape index (κ3) is 3.05. The summed E-state index contributed by atoms with van der Waals surface area (Å²) in [5.74, 6) is -1.35. The minimum Gasteiger partial charge on any atom is -0.506 e. The van der Waals surface area contributed by atoms with Crippen LogP contribution in [-0.2, 0) is 0 Å². The molecule has 0 radical (unpaired) electrons. The van der Waals surface area contributed by atoms with Gasteiger partial charge in [-0.3, -0.25) is 4.79 Å². The van der Waals surface area contributed by atoms with Crippen LogP contribution in [0.1, 0.15) is 10.4 Å². The lowest BCUT2D eigenvalue weighted by atomic mass is 10.1. The zero-order chi connectivity index (χ0) is 11.8. The molecule has 0 unspecified atom stereocenters. The van der Waals surface area contributed by atoms with Gasteiger partial charge in [0.2, 0.25) is 5.78 Å². The van der Waals surface area contributed by atoms with Crippen molar-refractivity contribution in [2.24, 2.45) is 0 Å². The molecule has 0 amide bonds. The van der Waals surface area contributed by atoms with Gasteiger partial charge in [0.1, 0.15) is 5.75 Å². The monoisotopic (exact) mass is 306 g/mol. The molecular formula is C8H3Cl5O2. The van der Waals surface area contributed by atoms with E-state index in [1.807, 2.05) is 0 Å². The highest BCUT2D eigenvalue weighted by Gasteiger charge is 2.34. The number of carbonyl (C=O) groups is 1. The Kier molecular flexibility index (Phi) is 4.01. The van der Waals surface area contributed by atoms with Gasteiger partial charge < -0.3 is 5.11 Å². The number of halogens is 5. The molecule has 2 nitrogen and oxygen atoms in total. The van der Waals surface area contributed by atoms with Gasteiger partial charge in [0, 0.05) is 5.02 Å². The second-order valence-electron chi connectivity index (χ2n) is 2.61. The Hall–Kier alpha value is 0.140. The molecule has 0 aliphatic rings. The number of aromatic hydroxyl groups is 1. The van der Waals surface area contributed by atoms with Crippen LogP contribution in [0.5, 0.6) is 5.75 Å². The van der Waals surface area contributed by atoms with Crippen LogP contribution in [0.3, 0.4) is 0 Å². The fourth-order valence-electron chi connectivity index (χ4n) is 0.892. The average molecular weight is 308 g/mol. The van der Waals surface area contributed by atoms with E-state index in [0.717, 1.165) is 0 Å². The molecule has 1 rings (SSSR count). The zero-order valence-corrected chi connectivity index (χ0v) is 10.7. The predicted molar refractivity (Wildman–Crippen MR) is 62.7 cm³/mol. The van der Waals surface area contributed by atoms with Crippen molar-refractivity contribution in [2.75, 3.05) is 0 Å². The van der Waals surface area contributed by atoms with Crippen LogP contribution in [0.2, 0.25) is 10.0 Å². The van der Waals surface area contributed by atoms with E-state index >= 15 is 0 Å². The molecule has 0 aromatic heterocycles. The Balaban J connectivity index is 3.32. The molecule has 0 bridgehead atoms. The first-order valence-corrected chi connectivity index (χ1v) is 5.42. The van der Waals surface area contributed by atoms with Gasteiger partial charge in [0.25, 0.3) is 3.79 Å². The van der Waals surface area contributed by atoms with E-state index in [9.17, 15) is 9.90 Å². The highest BCUT2D eigenvalue weighted by Crippen LogP contribution is 2.37. The van der Waals surface area contributed by atoms with Crippen molar-refractivity contribution in [3.63, 3.8) is 0 Å². The van der Waals surface area contributed by atoms with Crippen molar-refractivity contribution in [3.05, 3.63) is 27.7 Å². The first-order valence-electron chi connectivity index (χ1n) is 3.53. The minimum atomic E-state index is -2.16. The van der Waals surface area contributed by atoms with Gasteiger partial charge in [-0.2, -0.15) is 0 Å². The summed E-state index contributed by atoms with van der Waals surface area (Å²) in [6.45, 7) is 0. The molecule has 15 heavy (non-hydrogen) atoms. The third-order valence-corrected chi connectivity index (χ3v) is 2.55. The van der Waals surface area contributed by atoms with Crippen molar-refractivity contribution in [1.29, 1.82) is 0 Å². The van der Waals surface area contributed by atoms with Gasteiger partial charge in [0.05, 0.1) is 10.6 Å². The van der Waals surface area contributed by atoms with E-state index in [4.69, 9.17) is 58.0 Å². The molecule has 0 fully saturated rings. The molecule has 82 valence electrons. The van der Waals surface area contributed by atoms with Crippen LogP contribution in [0.25, 0.3) is 0 Å². The quantitative estimate of drug-likeness (QED) is 0.622. The molecule has 1 aromatic rings. The van der Waals surface area contributed by atoms with E-state index in [2.05, 4.69) is 0 Å². The largest absolute Gasteiger partial charge is 0.506 e. The average Bonchev–Trinajstić information content (AvgIpc) is 2.08. The highest BCUT2D eigenvalue weighted by molar-refractivity contribution is 6.77. The molecule has 0 saturated heterocycles. The summed E-state index contributed by atoms with van der Waals surface area (Å²) in [7, 11) is 0. The van der Waals surface area contributed by atoms with Crippen molar-refractivity contribution >= 4 is 63.8 Å². The normalized spacial score (nSPS) is 11.5. The summed E-state index contributed by atoms with van der Waals surface area (Å²) < 4.78 is -2.16. The van der Waals surface area contributed by atoms with Crippen molar-refractivity contribution in [1.82, 2.24) is 0 Å². The second-order valence-corrected chi connectivity index (χ2v) is 5.74. The summed E-state index contributed by atoms with van der Waals surface area (Å²) >= 11 is 27.4. The molecule has 0 spiro atoms. The van der Waals surface area contributed by atoms with E-state index in [-0.39, 0.29) is 15.6 Å². The number of rotatable bonds is 1. The van der Waals surface area contributed by atoms with Crippen molar-refractivity contribution in [2.45, 2.75) is 3.79 Å². The number of hydrogen-bond donors (Lipinski definition) is 1. The lowest BCUT2D eigenvalue weighted by Crippen LogP contribution is -2.19. The van der Waals surface area contributed by atoms with Crippen LogP contribution in [0.15, 0.2) is 12.1 Å². The van der Waals surface area contributed by atoms with Gasteiger partial charge >= 0.3 is 0 Å². The van der Waals surface area contributed by atoms with Gasteiger partial charge in [-0.1, -0.05) is 58.0 Å². The maximum atomic E-state index is 11.5. The Morgan fingerprint density at radius 3 is 2.20 bits per heavy atom. The molecule has 1 N–H and O–H groups in total. The Morgan fingerprint density at radius 1 is 1.20 bits per heavy atom. The highest BCUT2D eigenvalue weighted by atomic mass is 35.6. The first-order chi connectivity index (χ1) is 6.73. The maximum Gasteiger partial charge on any atom is 0.253 e. The smallest absolute Gasteiger partial charge is 0.253 e. The standard InChI is InChI=1S/C8H3Cl5O2/c9-3-1-4(6(14)5(10)2-3)7(15)8(11,12)13/h1-2,14H. The number of phenols is 1. The molecule has 7 heteroatoms. The molecule has 0 saturated carbocycles. The lowest BCUT2D eigenvalue weighted by molar-refractivity contribution is 0.0994. The SMILES string of the molecule is O=C(c1cc(Cl)cc(Cl)c1O)C(Cl)(Cl)Cl. The fourth-order valence-corrected chi connectivity index (χ4v) is 1.69. The van der Waals surface area contributed by atoms with Crippen LogP contribution in [0.4, 0.5) is 0 Å². The van der Waals surface area contributed by atoms with E-state index < -0.39 is 15.3 Å². The zero-order valence-electron chi connectivity index (χ0n) is 6.90. The van der Waals surface area contributed by atoms with Gasteiger partial charge in [-0.05, 0) is 12.1 Å². The van der Waals surface area contributed by atoms with Gasteiger partial charge in [-0.15, -0.1) is 0 Å². The number of hydrogen-bond acceptors (Lipinski definition) is 2. The number of Topliss-reactive ketones (excluding diaryl/α,β-unsaturated/α-hetero) is 1. The number of ketones is 1. The lowest BCUT2D eigenvalue weighted by Gasteiger charge is -2.11. The van der Waals surface area contributed by atoms with Crippen molar-refractivity contribution in [3.8, 4) is 5.75 Å². The van der Waals surface area contributed by atoms with Crippen LogP contribution < -0.4 is 0 Å². The molecule has 1 aromatic carbocycles. The van der Waals surface area contributed by atoms with Gasteiger partial charge in [-0.25, -0.2) is 0 Å². The molecule has 0 aliphatic carbocycles. The van der Waals surface area contributed by atoms with Crippen molar-refractivity contribution < 1.29 is 9.90 Å².